The van der Waals surface area contributed by atoms with Crippen LogP contribution in [-0.2, 0) is 0 Å². The number of aromatic amines is 1. The topological polar surface area (TPSA) is 62.3 Å². The van der Waals surface area contributed by atoms with Crippen LogP contribution in [0, 0.1) is 5.82 Å². The molecule has 0 aliphatic carbocycles. The van der Waals surface area contributed by atoms with E-state index in [9.17, 15) is 18.0 Å². The second-order valence-corrected chi connectivity index (χ2v) is 5.66. The third kappa shape index (κ3) is 6.97. The molecule has 4 nitrogen and oxygen atoms in total. The van der Waals surface area contributed by atoms with Crippen LogP contribution in [0.3, 0.4) is 0 Å². The second kappa shape index (κ2) is 9.47. The maximum Gasteiger partial charge on any atom is 0.355 e. The highest BCUT2D eigenvalue weighted by Gasteiger charge is 2.30. The van der Waals surface area contributed by atoms with Gasteiger partial charge in [-0.2, -0.15) is 0 Å². The van der Waals surface area contributed by atoms with E-state index >= 15 is 0 Å². The van der Waals surface area contributed by atoms with Crippen LogP contribution in [-0.4, -0.2) is 28.6 Å². The lowest BCUT2D eigenvalue weighted by Gasteiger charge is -2.16. The molecule has 0 saturated carbocycles. The second-order valence-electron chi connectivity index (χ2n) is 5.66. The van der Waals surface area contributed by atoms with Gasteiger partial charge in [-0.15, -0.1) is 0 Å². The molecule has 7 heteroatoms. The van der Waals surface area contributed by atoms with Gasteiger partial charge in [-0.25, -0.2) is 18.0 Å². The van der Waals surface area contributed by atoms with Crippen molar-refractivity contribution in [3.05, 3.63) is 17.7 Å². The SMILES string of the molecule is CCCCCCCCCC(F)(F)COc1c[nH]c(C(=O)O)c1F. The van der Waals surface area contributed by atoms with Crippen LogP contribution >= 0.6 is 0 Å². The van der Waals surface area contributed by atoms with E-state index in [0.717, 1.165) is 38.3 Å². The normalized spacial score (nSPS) is 11.7. The number of hydrogen-bond acceptors (Lipinski definition) is 2. The lowest BCUT2D eigenvalue weighted by molar-refractivity contribution is -0.0501. The fraction of sp³-hybridized carbons (Fsp3) is 0.688. The molecule has 1 rings (SSSR count). The van der Waals surface area contributed by atoms with Gasteiger partial charge in [0.1, 0.15) is 0 Å². The molecular formula is C16H24F3NO3. The van der Waals surface area contributed by atoms with Gasteiger partial charge in [0.2, 0.25) is 0 Å². The first-order valence-electron chi connectivity index (χ1n) is 7.98. The monoisotopic (exact) mass is 335 g/mol. The molecule has 1 aromatic heterocycles. The number of H-pyrrole nitrogens is 1. The molecule has 0 aliphatic rings. The lowest BCUT2D eigenvalue weighted by Crippen LogP contribution is -2.25. The Morgan fingerprint density at radius 3 is 2.39 bits per heavy atom. The zero-order valence-corrected chi connectivity index (χ0v) is 13.3. The summed E-state index contributed by atoms with van der Waals surface area (Å²) in [5.41, 5.74) is -0.699. The van der Waals surface area contributed by atoms with Crippen LogP contribution in [0.15, 0.2) is 6.20 Å². The van der Waals surface area contributed by atoms with Crippen LogP contribution in [0.4, 0.5) is 13.2 Å². The molecule has 0 unspecified atom stereocenters. The number of carboxylic acid groups (broad SMARTS) is 1. The molecule has 2 N–H and O–H groups in total. The zero-order valence-electron chi connectivity index (χ0n) is 13.3. The molecule has 0 bridgehead atoms. The summed E-state index contributed by atoms with van der Waals surface area (Å²) < 4.78 is 45.6. The predicted octanol–water partition coefficient (Wildman–Crippen LogP) is 5.01. The highest BCUT2D eigenvalue weighted by atomic mass is 19.3. The summed E-state index contributed by atoms with van der Waals surface area (Å²) in [5.74, 6) is -6.23. The van der Waals surface area contributed by atoms with E-state index in [2.05, 4.69) is 11.9 Å². The third-order valence-electron chi connectivity index (χ3n) is 3.58. The summed E-state index contributed by atoms with van der Waals surface area (Å²) in [6.07, 6.45) is 7.18. The van der Waals surface area contributed by atoms with Crippen molar-refractivity contribution in [1.29, 1.82) is 0 Å². The minimum absolute atomic E-state index is 0.321. The maximum atomic E-state index is 13.7. The highest BCUT2D eigenvalue weighted by molar-refractivity contribution is 5.86. The molecule has 0 amide bonds. The Balaban J connectivity index is 2.28. The smallest absolute Gasteiger partial charge is 0.355 e. The van der Waals surface area contributed by atoms with Gasteiger partial charge in [0.25, 0.3) is 5.92 Å². The molecule has 0 fully saturated rings. The van der Waals surface area contributed by atoms with Gasteiger partial charge in [-0.3, -0.25) is 0 Å². The first-order valence-corrected chi connectivity index (χ1v) is 7.98. The summed E-state index contributed by atoms with van der Waals surface area (Å²) >= 11 is 0. The van der Waals surface area contributed by atoms with Crippen LogP contribution in [0.5, 0.6) is 5.75 Å². The predicted molar refractivity (Wildman–Crippen MR) is 80.8 cm³/mol. The number of aromatic carboxylic acids is 1. The first-order chi connectivity index (χ1) is 10.9. The Morgan fingerprint density at radius 1 is 1.22 bits per heavy atom. The van der Waals surface area contributed by atoms with Crippen LogP contribution in [0.2, 0.25) is 0 Å². The molecule has 23 heavy (non-hydrogen) atoms. The fourth-order valence-corrected chi connectivity index (χ4v) is 2.24. The number of carboxylic acids is 1. The van der Waals surface area contributed by atoms with Crippen molar-refractivity contribution in [3.8, 4) is 5.75 Å². The molecule has 0 aliphatic heterocycles. The molecule has 132 valence electrons. The summed E-state index contributed by atoms with van der Waals surface area (Å²) in [6, 6.07) is 0. The van der Waals surface area contributed by atoms with Crippen molar-refractivity contribution in [2.24, 2.45) is 0 Å². The summed E-state index contributed by atoms with van der Waals surface area (Å²) in [4.78, 5) is 12.8. The molecule has 0 aromatic carbocycles. The average molecular weight is 335 g/mol. The molecule has 0 radical (unpaired) electrons. The van der Waals surface area contributed by atoms with Gasteiger partial charge in [0.15, 0.2) is 23.9 Å². The Morgan fingerprint density at radius 2 is 1.83 bits per heavy atom. The van der Waals surface area contributed by atoms with Crippen molar-refractivity contribution < 1.29 is 27.8 Å². The third-order valence-corrected chi connectivity index (χ3v) is 3.58. The number of carbonyl (C=O) groups is 1. The maximum absolute atomic E-state index is 13.7. The fourth-order valence-electron chi connectivity index (χ4n) is 2.24. The number of unbranched alkanes of at least 4 members (excludes halogenated alkanes) is 6. The van der Waals surface area contributed by atoms with Gasteiger partial charge in [0.05, 0.1) is 0 Å². The zero-order chi connectivity index (χ0) is 17.3. The average Bonchev–Trinajstić information content (AvgIpc) is 2.85. The van der Waals surface area contributed by atoms with Crippen molar-refractivity contribution >= 4 is 5.97 Å². The number of rotatable bonds is 12. The van der Waals surface area contributed by atoms with Gasteiger partial charge in [-0.05, 0) is 6.42 Å². The van der Waals surface area contributed by atoms with Gasteiger partial charge in [-0.1, -0.05) is 45.4 Å². The molecule has 0 saturated heterocycles. The Hall–Kier alpha value is -1.66. The number of ether oxygens (including phenoxy) is 1. The number of alkyl halides is 2. The van der Waals surface area contributed by atoms with Crippen LogP contribution in [0.25, 0.3) is 0 Å². The van der Waals surface area contributed by atoms with Crippen molar-refractivity contribution in [1.82, 2.24) is 4.98 Å². The van der Waals surface area contributed by atoms with E-state index in [1.165, 1.54) is 6.42 Å². The summed E-state index contributed by atoms with van der Waals surface area (Å²) in [6.45, 7) is 1.16. The number of nitrogens with one attached hydrogen (secondary N) is 1. The Labute approximate surface area is 134 Å². The van der Waals surface area contributed by atoms with E-state index in [4.69, 9.17) is 9.84 Å². The highest BCUT2D eigenvalue weighted by Crippen LogP contribution is 2.26. The van der Waals surface area contributed by atoms with Crippen molar-refractivity contribution in [2.75, 3.05) is 6.61 Å². The molecule has 1 aromatic rings. The summed E-state index contributed by atoms with van der Waals surface area (Å²) in [5, 5.41) is 8.65. The minimum atomic E-state index is -3.06. The van der Waals surface area contributed by atoms with E-state index in [0.29, 0.717) is 6.42 Å². The molecule has 0 spiro atoms. The number of halogens is 3. The Kier molecular flexibility index (Phi) is 7.98. The number of aromatic nitrogens is 1. The first kappa shape index (κ1) is 19.4. The quantitative estimate of drug-likeness (QED) is 0.528. The molecule has 0 atom stereocenters. The largest absolute Gasteiger partial charge is 0.483 e. The van der Waals surface area contributed by atoms with Crippen molar-refractivity contribution in [3.63, 3.8) is 0 Å². The van der Waals surface area contributed by atoms with Crippen LogP contribution in [0.1, 0.15) is 68.8 Å². The van der Waals surface area contributed by atoms with Crippen LogP contribution < -0.4 is 4.74 Å². The van der Waals surface area contributed by atoms with Gasteiger partial charge < -0.3 is 14.8 Å². The molecule has 1 heterocycles. The standard InChI is InChI=1S/C16H24F3NO3/c1-2-3-4-5-6-7-8-9-16(18,19)11-23-12-10-20-14(13(12)17)15(21)22/h10,20H,2-9,11H2,1H3,(H,21,22). The molecular weight excluding hydrogens is 311 g/mol. The minimum Gasteiger partial charge on any atom is -0.483 e. The van der Waals surface area contributed by atoms with Gasteiger partial charge in [0, 0.05) is 12.6 Å². The lowest BCUT2D eigenvalue weighted by atomic mass is 10.1. The van der Waals surface area contributed by atoms with E-state index < -0.39 is 35.8 Å². The van der Waals surface area contributed by atoms with Gasteiger partial charge >= 0.3 is 5.97 Å². The Bertz CT molecular complexity index is 489. The summed E-state index contributed by atoms with van der Waals surface area (Å²) in [7, 11) is 0. The van der Waals surface area contributed by atoms with E-state index in [1.807, 2.05) is 0 Å². The van der Waals surface area contributed by atoms with Crippen molar-refractivity contribution in [2.45, 2.75) is 64.2 Å². The number of hydrogen-bond donors (Lipinski definition) is 2. The van der Waals surface area contributed by atoms with E-state index in [-0.39, 0.29) is 6.42 Å². The van der Waals surface area contributed by atoms with E-state index in [1.54, 1.807) is 0 Å².